The molecule has 6 heteroatoms. The minimum absolute atomic E-state index is 0.0169. The summed E-state index contributed by atoms with van der Waals surface area (Å²) in [5.41, 5.74) is 1.66. The number of aromatic nitrogens is 1. The zero-order valence-electron chi connectivity index (χ0n) is 13.6. The van der Waals surface area contributed by atoms with Crippen molar-refractivity contribution >= 4 is 38.3 Å². The number of fused-ring (bicyclic) bond motifs is 1. The summed E-state index contributed by atoms with van der Waals surface area (Å²) in [6.07, 6.45) is 1.59. The van der Waals surface area contributed by atoms with Crippen molar-refractivity contribution in [1.29, 1.82) is 0 Å². The predicted molar refractivity (Wildman–Crippen MR) is 99.6 cm³/mol. The van der Waals surface area contributed by atoms with Crippen LogP contribution in [0.2, 0.25) is 0 Å². The monoisotopic (exact) mass is 355 g/mol. The smallest absolute Gasteiger partial charge is 0.227 e. The summed E-state index contributed by atoms with van der Waals surface area (Å²) in [5, 5.41) is 3.89. The van der Waals surface area contributed by atoms with Crippen LogP contribution in [0.3, 0.4) is 0 Å². The third kappa shape index (κ3) is 3.49. The molecule has 1 amide bonds. The van der Waals surface area contributed by atoms with Crippen molar-refractivity contribution in [3.05, 3.63) is 54.3 Å². The van der Waals surface area contributed by atoms with Gasteiger partial charge in [0, 0.05) is 24.7 Å². The summed E-state index contributed by atoms with van der Waals surface area (Å²) in [6, 6.07) is 14.2. The van der Waals surface area contributed by atoms with E-state index in [1.165, 1.54) is 23.5 Å². The average Bonchev–Trinajstić information content (AvgIpc) is 3.06. The van der Waals surface area contributed by atoms with Crippen LogP contribution in [0.4, 0.5) is 15.2 Å². The maximum atomic E-state index is 13.3. The summed E-state index contributed by atoms with van der Waals surface area (Å²) in [6.45, 7) is 1.57. The van der Waals surface area contributed by atoms with E-state index in [1.807, 2.05) is 30.3 Å². The molecule has 4 nitrogen and oxygen atoms in total. The van der Waals surface area contributed by atoms with Gasteiger partial charge in [0.05, 0.1) is 10.2 Å². The number of nitrogens with zero attached hydrogens (tertiary/aromatic N) is 2. The molecule has 1 aliphatic rings. The van der Waals surface area contributed by atoms with Crippen LogP contribution in [-0.2, 0) is 4.79 Å². The molecule has 0 unspecified atom stereocenters. The van der Waals surface area contributed by atoms with E-state index in [1.54, 1.807) is 6.07 Å². The second-order valence-corrected chi connectivity index (χ2v) is 7.23. The van der Waals surface area contributed by atoms with Crippen molar-refractivity contribution in [2.45, 2.75) is 12.8 Å². The maximum Gasteiger partial charge on any atom is 0.227 e. The standard InChI is InChI=1S/C19H18FN3OS/c20-14-6-7-16-17(12-14)25-19(22-16)23-10-8-13(9-11-23)18(24)21-15-4-2-1-3-5-15/h1-7,12-13H,8-11H2,(H,21,24). The summed E-state index contributed by atoms with van der Waals surface area (Å²) in [5.74, 6) is -0.139. The van der Waals surface area contributed by atoms with Crippen LogP contribution in [0.25, 0.3) is 10.2 Å². The first-order chi connectivity index (χ1) is 12.2. The Labute approximate surface area is 149 Å². The Morgan fingerprint density at radius 1 is 1.16 bits per heavy atom. The topological polar surface area (TPSA) is 45.2 Å². The number of nitrogens with one attached hydrogen (secondary N) is 1. The van der Waals surface area contributed by atoms with E-state index in [9.17, 15) is 9.18 Å². The number of halogens is 1. The van der Waals surface area contributed by atoms with Gasteiger partial charge in [0.1, 0.15) is 5.82 Å². The number of anilines is 2. The summed E-state index contributed by atoms with van der Waals surface area (Å²) in [4.78, 5) is 19.2. The molecule has 0 spiro atoms. The van der Waals surface area contributed by atoms with Gasteiger partial charge < -0.3 is 10.2 Å². The number of hydrogen-bond donors (Lipinski definition) is 1. The van der Waals surface area contributed by atoms with Crippen molar-refractivity contribution in [3.63, 3.8) is 0 Å². The van der Waals surface area contributed by atoms with Crippen LogP contribution in [0.1, 0.15) is 12.8 Å². The van der Waals surface area contributed by atoms with E-state index in [0.29, 0.717) is 0 Å². The van der Waals surface area contributed by atoms with Gasteiger partial charge in [-0.05, 0) is 43.2 Å². The van der Waals surface area contributed by atoms with Crippen molar-refractivity contribution < 1.29 is 9.18 Å². The Balaban J connectivity index is 1.39. The van der Waals surface area contributed by atoms with Crippen molar-refractivity contribution in [2.75, 3.05) is 23.3 Å². The number of carbonyl (C=O) groups excluding carboxylic acids is 1. The second-order valence-electron chi connectivity index (χ2n) is 6.23. The van der Waals surface area contributed by atoms with E-state index >= 15 is 0 Å². The van der Waals surface area contributed by atoms with Gasteiger partial charge >= 0.3 is 0 Å². The Bertz CT molecular complexity index is 888. The predicted octanol–water partition coefficient (Wildman–Crippen LogP) is 4.29. The molecule has 128 valence electrons. The van der Waals surface area contributed by atoms with E-state index < -0.39 is 0 Å². The molecule has 2 aromatic carbocycles. The van der Waals surface area contributed by atoms with Gasteiger partial charge in [-0.3, -0.25) is 4.79 Å². The normalized spacial score (nSPS) is 15.5. The molecule has 0 atom stereocenters. The van der Waals surface area contributed by atoms with Gasteiger partial charge in [-0.1, -0.05) is 29.5 Å². The molecule has 1 saturated heterocycles. The van der Waals surface area contributed by atoms with Gasteiger partial charge in [0.2, 0.25) is 5.91 Å². The number of thiazole rings is 1. The van der Waals surface area contributed by atoms with Gasteiger partial charge in [-0.25, -0.2) is 9.37 Å². The highest BCUT2D eigenvalue weighted by molar-refractivity contribution is 7.22. The van der Waals surface area contributed by atoms with E-state index in [-0.39, 0.29) is 17.6 Å². The van der Waals surface area contributed by atoms with Crippen LogP contribution in [0, 0.1) is 11.7 Å². The van der Waals surface area contributed by atoms with E-state index in [2.05, 4.69) is 15.2 Å². The minimum atomic E-state index is -0.237. The number of carbonyl (C=O) groups is 1. The zero-order chi connectivity index (χ0) is 17.2. The lowest BCUT2D eigenvalue weighted by atomic mass is 9.96. The third-order valence-corrected chi connectivity index (χ3v) is 5.60. The molecule has 1 aromatic heterocycles. The first-order valence-electron chi connectivity index (χ1n) is 8.36. The summed E-state index contributed by atoms with van der Waals surface area (Å²) in [7, 11) is 0. The average molecular weight is 355 g/mol. The first-order valence-corrected chi connectivity index (χ1v) is 9.18. The van der Waals surface area contributed by atoms with Crippen molar-refractivity contribution in [3.8, 4) is 0 Å². The second kappa shape index (κ2) is 6.80. The van der Waals surface area contributed by atoms with E-state index in [4.69, 9.17) is 0 Å². The van der Waals surface area contributed by atoms with Crippen molar-refractivity contribution in [1.82, 2.24) is 4.98 Å². The van der Waals surface area contributed by atoms with Gasteiger partial charge in [0.25, 0.3) is 0 Å². The lowest BCUT2D eigenvalue weighted by Crippen LogP contribution is -2.38. The summed E-state index contributed by atoms with van der Waals surface area (Å²) >= 11 is 1.50. The van der Waals surface area contributed by atoms with Crippen LogP contribution in [0.5, 0.6) is 0 Å². The number of rotatable bonds is 3. The molecule has 1 N–H and O–H groups in total. The number of para-hydroxylation sites is 1. The number of hydrogen-bond acceptors (Lipinski definition) is 4. The highest BCUT2D eigenvalue weighted by atomic mass is 32.1. The first kappa shape index (κ1) is 16.0. The lowest BCUT2D eigenvalue weighted by molar-refractivity contribution is -0.120. The molecule has 0 aliphatic carbocycles. The Morgan fingerprint density at radius 3 is 2.68 bits per heavy atom. The fourth-order valence-corrected chi connectivity index (χ4v) is 4.16. The Morgan fingerprint density at radius 2 is 1.92 bits per heavy atom. The molecule has 0 bridgehead atoms. The summed E-state index contributed by atoms with van der Waals surface area (Å²) < 4.78 is 14.2. The Hall–Kier alpha value is -2.47. The Kier molecular flexibility index (Phi) is 4.36. The molecular weight excluding hydrogens is 337 g/mol. The number of amides is 1. The van der Waals surface area contributed by atoms with Crippen LogP contribution in [-0.4, -0.2) is 24.0 Å². The SMILES string of the molecule is O=C(Nc1ccccc1)C1CCN(c2nc3ccc(F)cc3s2)CC1. The minimum Gasteiger partial charge on any atom is -0.348 e. The van der Waals surface area contributed by atoms with E-state index in [0.717, 1.165) is 47.0 Å². The van der Waals surface area contributed by atoms with Gasteiger partial charge in [0.15, 0.2) is 5.13 Å². The maximum absolute atomic E-state index is 13.3. The highest BCUT2D eigenvalue weighted by Crippen LogP contribution is 2.32. The highest BCUT2D eigenvalue weighted by Gasteiger charge is 2.26. The van der Waals surface area contributed by atoms with Crippen LogP contribution in [0.15, 0.2) is 48.5 Å². The van der Waals surface area contributed by atoms with Crippen molar-refractivity contribution in [2.24, 2.45) is 5.92 Å². The third-order valence-electron chi connectivity index (χ3n) is 4.52. The number of piperidine rings is 1. The molecule has 25 heavy (non-hydrogen) atoms. The largest absolute Gasteiger partial charge is 0.348 e. The molecule has 3 aromatic rings. The lowest BCUT2D eigenvalue weighted by Gasteiger charge is -2.31. The zero-order valence-corrected chi connectivity index (χ0v) is 14.4. The molecular formula is C19H18FN3OS. The number of benzene rings is 2. The van der Waals surface area contributed by atoms with Gasteiger partial charge in [-0.15, -0.1) is 0 Å². The molecule has 4 rings (SSSR count). The van der Waals surface area contributed by atoms with Crippen LogP contribution < -0.4 is 10.2 Å². The molecule has 2 heterocycles. The quantitative estimate of drug-likeness (QED) is 0.762. The van der Waals surface area contributed by atoms with Gasteiger partial charge in [-0.2, -0.15) is 0 Å². The van der Waals surface area contributed by atoms with Crippen LogP contribution >= 0.6 is 11.3 Å². The molecule has 0 radical (unpaired) electrons. The molecule has 1 fully saturated rings. The molecule has 0 saturated carbocycles. The molecule has 1 aliphatic heterocycles. The fourth-order valence-electron chi connectivity index (χ4n) is 3.12. The fraction of sp³-hybridized carbons (Fsp3) is 0.263.